The lowest BCUT2D eigenvalue weighted by molar-refractivity contribution is -0.870. The first-order valence-electron chi connectivity index (χ1n) is 26.5. The number of esters is 2. The number of nitrogens with zero attached hydrogens (tertiary/aromatic N) is 1. The molecule has 370 valence electrons. The van der Waals surface area contributed by atoms with Crippen molar-refractivity contribution in [1.82, 2.24) is 0 Å². The van der Waals surface area contributed by atoms with Crippen molar-refractivity contribution in [3.8, 4) is 0 Å². The predicted octanol–water partition coefficient (Wildman–Crippen LogP) is 13.5. The quantitative estimate of drug-likeness (QED) is 0.0195. The summed E-state index contributed by atoms with van der Waals surface area (Å²) in [6, 6.07) is 0. The molecule has 0 aromatic carbocycles. The number of quaternary nitrogens is 1. The summed E-state index contributed by atoms with van der Waals surface area (Å²) in [5, 5.41) is 11.7. The molecule has 0 aliphatic carbocycles. The molecule has 0 aromatic heterocycles. The molecule has 0 rings (SSSR count). The van der Waals surface area contributed by atoms with Gasteiger partial charge < -0.3 is 33.3 Å². The van der Waals surface area contributed by atoms with E-state index in [1.54, 1.807) is 0 Å². The van der Waals surface area contributed by atoms with Gasteiger partial charge in [0.1, 0.15) is 13.2 Å². The molecule has 0 aliphatic rings. The first kappa shape index (κ1) is 60.8. The van der Waals surface area contributed by atoms with E-state index < -0.39 is 24.3 Å². The summed E-state index contributed by atoms with van der Waals surface area (Å²) in [5.41, 5.74) is 0. The van der Waals surface area contributed by atoms with Crippen molar-refractivity contribution < 1.29 is 42.9 Å². The van der Waals surface area contributed by atoms with E-state index in [0.29, 0.717) is 23.9 Å². The second kappa shape index (κ2) is 46.3. The minimum Gasteiger partial charge on any atom is -0.545 e. The lowest BCUT2D eigenvalue weighted by atomic mass is 10.1. The molecule has 0 aromatic rings. The van der Waals surface area contributed by atoms with Crippen molar-refractivity contribution in [2.45, 2.75) is 257 Å². The number of unbranched alkanes of at least 4 members (excludes halogenated alkanes) is 30. The van der Waals surface area contributed by atoms with Crippen LogP contribution in [0.1, 0.15) is 245 Å². The average molecular weight is 892 g/mol. The predicted molar refractivity (Wildman–Crippen MR) is 260 cm³/mol. The van der Waals surface area contributed by atoms with E-state index >= 15 is 0 Å². The Morgan fingerprint density at radius 2 is 0.810 bits per heavy atom. The molecule has 0 radical (unpaired) electrons. The van der Waals surface area contributed by atoms with Gasteiger partial charge in [-0.15, -0.1) is 0 Å². The standard InChI is InChI=1S/C54H101NO8/c1-6-8-10-12-14-16-18-20-22-24-26-28-30-32-34-36-38-40-42-44-51(56)61-48-50(49-62-54(53(58)59)60-47-46-55(3,4)5)63-52(57)45-43-41-39-37-35-33-31-29-27-25-23-21-19-17-15-13-11-9-7-2/h20-23,50,54H,6-19,24-49H2,1-5H3/b22-20-,23-21-. The summed E-state index contributed by atoms with van der Waals surface area (Å²) < 4.78 is 22.7. The minimum absolute atomic E-state index is 0.149. The smallest absolute Gasteiger partial charge is 0.306 e. The Balaban J connectivity index is 4.31. The number of hydrogen-bond donors (Lipinski definition) is 0. The number of rotatable bonds is 49. The summed E-state index contributed by atoms with van der Waals surface area (Å²) in [6.07, 6.45) is 49.2. The summed E-state index contributed by atoms with van der Waals surface area (Å²) in [5.74, 6) is -2.28. The van der Waals surface area contributed by atoms with Crippen molar-refractivity contribution in [1.29, 1.82) is 0 Å². The van der Waals surface area contributed by atoms with Crippen LogP contribution < -0.4 is 5.11 Å². The highest BCUT2D eigenvalue weighted by atomic mass is 16.7. The number of ether oxygens (including phenoxy) is 4. The van der Waals surface area contributed by atoms with Crippen LogP contribution >= 0.6 is 0 Å². The van der Waals surface area contributed by atoms with Crippen LogP contribution in [-0.4, -0.2) is 82.3 Å². The summed E-state index contributed by atoms with van der Waals surface area (Å²) in [7, 11) is 5.92. The molecule has 0 saturated carbocycles. The number of allylic oxidation sites excluding steroid dienone is 4. The maximum Gasteiger partial charge on any atom is 0.306 e. The molecule has 0 bridgehead atoms. The van der Waals surface area contributed by atoms with E-state index in [1.807, 2.05) is 21.1 Å². The van der Waals surface area contributed by atoms with Gasteiger partial charge in [0, 0.05) is 12.8 Å². The zero-order valence-corrected chi connectivity index (χ0v) is 42.0. The van der Waals surface area contributed by atoms with Gasteiger partial charge in [-0.2, -0.15) is 0 Å². The lowest BCUT2D eigenvalue weighted by Crippen LogP contribution is -2.44. The lowest BCUT2D eigenvalue weighted by Gasteiger charge is -2.26. The fraction of sp³-hybridized carbons (Fsp3) is 0.870. The number of aliphatic carboxylic acids is 1. The van der Waals surface area contributed by atoms with E-state index in [2.05, 4.69) is 38.2 Å². The Morgan fingerprint density at radius 3 is 1.17 bits per heavy atom. The van der Waals surface area contributed by atoms with Crippen LogP contribution in [0.3, 0.4) is 0 Å². The fourth-order valence-electron chi connectivity index (χ4n) is 7.53. The number of carboxylic acids is 1. The first-order valence-corrected chi connectivity index (χ1v) is 26.5. The zero-order chi connectivity index (χ0) is 46.3. The van der Waals surface area contributed by atoms with Crippen LogP contribution in [0.15, 0.2) is 24.3 Å². The molecule has 2 atom stereocenters. The maximum absolute atomic E-state index is 12.8. The minimum atomic E-state index is -1.62. The molecule has 9 heteroatoms. The monoisotopic (exact) mass is 892 g/mol. The van der Waals surface area contributed by atoms with E-state index in [4.69, 9.17) is 18.9 Å². The second-order valence-corrected chi connectivity index (χ2v) is 19.2. The van der Waals surface area contributed by atoms with Gasteiger partial charge in [0.25, 0.3) is 0 Å². The number of likely N-dealkylation sites (N-methyl/N-ethyl adjacent to an activating group) is 1. The van der Waals surface area contributed by atoms with Crippen LogP contribution in [-0.2, 0) is 33.3 Å². The third kappa shape index (κ3) is 47.5. The second-order valence-electron chi connectivity index (χ2n) is 19.2. The molecule has 0 fully saturated rings. The van der Waals surface area contributed by atoms with Crippen LogP contribution in [0, 0.1) is 0 Å². The Bertz CT molecular complexity index is 1090. The zero-order valence-electron chi connectivity index (χ0n) is 42.0. The van der Waals surface area contributed by atoms with Crippen LogP contribution in [0.4, 0.5) is 0 Å². The number of carbonyl (C=O) groups excluding carboxylic acids is 3. The Hall–Kier alpha value is -2.23. The molecule has 0 amide bonds. The molecule has 0 saturated heterocycles. The summed E-state index contributed by atoms with van der Waals surface area (Å²) in [6.45, 7) is 4.76. The third-order valence-electron chi connectivity index (χ3n) is 11.7. The first-order chi connectivity index (χ1) is 30.6. The maximum atomic E-state index is 12.8. The van der Waals surface area contributed by atoms with E-state index in [9.17, 15) is 19.5 Å². The van der Waals surface area contributed by atoms with E-state index in [-0.39, 0.29) is 32.2 Å². The van der Waals surface area contributed by atoms with Gasteiger partial charge in [0.2, 0.25) is 0 Å². The van der Waals surface area contributed by atoms with Gasteiger partial charge in [0.05, 0.1) is 40.3 Å². The van der Waals surface area contributed by atoms with Crippen molar-refractivity contribution >= 4 is 17.9 Å². The number of hydrogen-bond acceptors (Lipinski definition) is 8. The average Bonchev–Trinajstić information content (AvgIpc) is 3.24. The molecule has 9 nitrogen and oxygen atoms in total. The number of carboxylic acid groups (broad SMARTS) is 1. The van der Waals surface area contributed by atoms with Gasteiger partial charge in [-0.3, -0.25) is 9.59 Å². The molecule has 0 heterocycles. The SMILES string of the molecule is CCCCCCCC/C=C\CCCCCCCCCCCC(=O)OCC(COC(OCC[N+](C)(C)C)C(=O)[O-])OC(=O)CCCCCCCCCCC/C=C\CCCCCCCC. The van der Waals surface area contributed by atoms with Crippen molar-refractivity contribution in [2.75, 3.05) is 47.5 Å². The van der Waals surface area contributed by atoms with Crippen LogP contribution in [0.25, 0.3) is 0 Å². The van der Waals surface area contributed by atoms with Gasteiger partial charge in [-0.05, 0) is 64.2 Å². The number of carbonyl (C=O) groups is 3. The van der Waals surface area contributed by atoms with Gasteiger partial charge in [-0.25, -0.2) is 0 Å². The summed E-state index contributed by atoms with van der Waals surface area (Å²) >= 11 is 0. The molecule has 0 N–H and O–H groups in total. The third-order valence-corrected chi connectivity index (χ3v) is 11.7. The van der Waals surface area contributed by atoms with E-state index in [1.165, 1.54) is 173 Å². The Kier molecular flexibility index (Phi) is 44.7. The highest BCUT2D eigenvalue weighted by Crippen LogP contribution is 2.15. The van der Waals surface area contributed by atoms with Crippen LogP contribution in [0.2, 0.25) is 0 Å². The molecular formula is C54H101NO8. The molecule has 0 spiro atoms. The normalized spacial score (nSPS) is 13.0. The van der Waals surface area contributed by atoms with Gasteiger partial charge in [-0.1, -0.05) is 192 Å². The van der Waals surface area contributed by atoms with Crippen molar-refractivity contribution in [3.63, 3.8) is 0 Å². The fourth-order valence-corrected chi connectivity index (χ4v) is 7.53. The Morgan fingerprint density at radius 1 is 0.460 bits per heavy atom. The van der Waals surface area contributed by atoms with Crippen molar-refractivity contribution in [2.24, 2.45) is 0 Å². The van der Waals surface area contributed by atoms with Crippen LogP contribution in [0.5, 0.6) is 0 Å². The highest BCUT2D eigenvalue weighted by Gasteiger charge is 2.22. The Labute approximate surface area is 388 Å². The topological polar surface area (TPSA) is 111 Å². The summed E-state index contributed by atoms with van der Waals surface area (Å²) in [4.78, 5) is 37.2. The highest BCUT2D eigenvalue weighted by molar-refractivity contribution is 5.70. The van der Waals surface area contributed by atoms with Gasteiger partial charge >= 0.3 is 11.9 Å². The van der Waals surface area contributed by atoms with E-state index in [0.717, 1.165) is 38.5 Å². The molecule has 0 aliphatic heterocycles. The van der Waals surface area contributed by atoms with Crippen molar-refractivity contribution in [3.05, 3.63) is 24.3 Å². The van der Waals surface area contributed by atoms with Gasteiger partial charge in [0.15, 0.2) is 12.4 Å². The largest absolute Gasteiger partial charge is 0.545 e. The molecule has 63 heavy (non-hydrogen) atoms. The molecular weight excluding hydrogens is 791 g/mol. The molecule has 2 unspecified atom stereocenters.